The van der Waals surface area contributed by atoms with Crippen LogP contribution in [0.15, 0.2) is 66.7 Å². The molecule has 2 amide bonds. The van der Waals surface area contributed by atoms with E-state index in [1.54, 1.807) is 43.3 Å². The van der Waals surface area contributed by atoms with Crippen LogP contribution in [0.2, 0.25) is 0 Å². The van der Waals surface area contributed by atoms with Crippen LogP contribution < -0.4 is 21.1 Å². The van der Waals surface area contributed by atoms with Crippen molar-refractivity contribution in [3.8, 4) is 16.9 Å². The molecule has 42 heavy (non-hydrogen) atoms. The van der Waals surface area contributed by atoms with Crippen molar-refractivity contribution >= 4 is 29.3 Å². The number of hydrogen-bond donors (Lipinski definition) is 5. The minimum atomic E-state index is -0.856. The van der Waals surface area contributed by atoms with Gasteiger partial charge in [0.1, 0.15) is 29.9 Å². The second-order valence-electron chi connectivity index (χ2n) is 10.3. The van der Waals surface area contributed by atoms with E-state index < -0.39 is 23.8 Å². The van der Waals surface area contributed by atoms with E-state index in [-0.39, 0.29) is 30.7 Å². The molecule has 1 saturated heterocycles. The van der Waals surface area contributed by atoms with Crippen LogP contribution in [0.25, 0.3) is 11.1 Å². The number of carboxylic acids is 1. The van der Waals surface area contributed by atoms with E-state index in [9.17, 15) is 18.8 Å². The van der Waals surface area contributed by atoms with E-state index >= 15 is 0 Å². The van der Waals surface area contributed by atoms with E-state index in [0.29, 0.717) is 42.9 Å². The van der Waals surface area contributed by atoms with E-state index in [4.69, 9.17) is 21.0 Å². The molecule has 0 saturated carbocycles. The Morgan fingerprint density at radius 3 is 2.33 bits per heavy atom. The third kappa shape index (κ3) is 8.37. The summed E-state index contributed by atoms with van der Waals surface area (Å²) in [7, 11) is 0. The predicted molar refractivity (Wildman–Crippen MR) is 157 cm³/mol. The summed E-state index contributed by atoms with van der Waals surface area (Å²) in [5.74, 6) is -1.64. The Hall–Kier alpha value is -4.77. The summed E-state index contributed by atoms with van der Waals surface area (Å²) in [6.07, 6.45) is 0.862. The maximum Gasteiger partial charge on any atom is 0.317 e. The molecular formula is C31H34FN5O5. The number of piperidine rings is 1. The fourth-order valence-electron chi connectivity index (χ4n) is 4.79. The molecule has 220 valence electrons. The Morgan fingerprint density at radius 2 is 1.71 bits per heavy atom. The molecule has 1 unspecified atom stereocenters. The number of nitrogen functional groups attached to an aromatic ring is 1. The minimum absolute atomic E-state index is 0.00172. The zero-order chi connectivity index (χ0) is 30.2. The van der Waals surface area contributed by atoms with Crippen molar-refractivity contribution in [2.45, 2.75) is 38.3 Å². The van der Waals surface area contributed by atoms with Crippen molar-refractivity contribution in [2.75, 3.05) is 25.0 Å². The Labute approximate surface area is 243 Å². The molecule has 1 heterocycles. The average Bonchev–Trinajstić information content (AvgIpc) is 2.94. The zero-order valence-corrected chi connectivity index (χ0v) is 23.2. The number of amides is 2. The van der Waals surface area contributed by atoms with Gasteiger partial charge in [-0.2, -0.15) is 0 Å². The van der Waals surface area contributed by atoms with Gasteiger partial charge in [-0.05, 0) is 79.4 Å². The van der Waals surface area contributed by atoms with Crippen LogP contribution in [0.5, 0.6) is 5.75 Å². The van der Waals surface area contributed by atoms with Gasteiger partial charge < -0.3 is 26.2 Å². The number of carboxylic acid groups (broad SMARTS) is 1. The first-order valence-corrected chi connectivity index (χ1v) is 13.6. The molecule has 6 N–H and O–H groups in total. The standard InChI is InChI=1S/C31H34FN5O5/c1-19(35-28(38)17-29(39)36-24-9-4-21(5-10-24)31(33)34)22-6-11-27(26(16-22)20-2-7-23(32)8-3-20)42-25-12-14-37(15-13-25)18-30(40)41/h2-11,16,19,25H,12-15,17-18H2,1H3,(H3,33,34)(H,35,38)(H,36,39)(H,40,41). The van der Waals surface area contributed by atoms with Crippen LogP contribution in [0.1, 0.15) is 43.4 Å². The van der Waals surface area contributed by atoms with Crippen molar-refractivity contribution < 1.29 is 28.6 Å². The van der Waals surface area contributed by atoms with Gasteiger partial charge in [0.15, 0.2) is 0 Å². The molecule has 1 aliphatic rings. The summed E-state index contributed by atoms with van der Waals surface area (Å²) in [5.41, 5.74) is 8.69. The van der Waals surface area contributed by atoms with Crippen LogP contribution in [-0.2, 0) is 14.4 Å². The first-order chi connectivity index (χ1) is 20.1. The third-order valence-electron chi connectivity index (χ3n) is 7.02. The van der Waals surface area contributed by atoms with Crippen LogP contribution >= 0.6 is 0 Å². The fraction of sp³-hybridized carbons (Fsp3) is 0.290. The number of aliphatic carboxylic acids is 1. The molecular weight excluding hydrogens is 541 g/mol. The predicted octanol–water partition coefficient (Wildman–Crippen LogP) is 3.91. The molecule has 0 radical (unpaired) electrons. The largest absolute Gasteiger partial charge is 0.490 e. The third-order valence-corrected chi connectivity index (χ3v) is 7.02. The van der Waals surface area contributed by atoms with Crippen molar-refractivity contribution in [1.29, 1.82) is 5.41 Å². The lowest BCUT2D eigenvalue weighted by molar-refractivity contribution is -0.138. The highest BCUT2D eigenvalue weighted by atomic mass is 19.1. The molecule has 3 aromatic carbocycles. The SMILES string of the molecule is CC(NC(=O)CC(=O)Nc1ccc(C(=N)N)cc1)c1ccc(OC2CCN(CC(=O)O)CC2)c(-c2ccc(F)cc2)c1. The highest BCUT2D eigenvalue weighted by molar-refractivity contribution is 6.04. The molecule has 0 spiro atoms. The van der Waals surface area contributed by atoms with E-state index in [1.807, 2.05) is 23.1 Å². The van der Waals surface area contributed by atoms with E-state index in [1.165, 1.54) is 12.1 Å². The molecule has 4 rings (SSSR count). The number of likely N-dealkylation sites (tertiary alicyclic amines) is 1. The molecule has 0 aromatic heterocycles. The van der Waals surface area contributed by atoms with Gasteiger partial charge in [-0.1, -0.05) is 18.2 Å². The summed E-state index contributed by atoms with van der Waals surface area (Å²) in [6, 6.07) is 17.6. The Kier molecular flexibility index (Phi) is 9.87. The lowest BCUT2D eigenvalue weighted by atomic mass is 9.98. The van der Waals surface area contributed by atoms with Gasteiger partial charge >= 0.3 is 5.97 Å². The fourth-order valence-corrected chi connectivity index (χ4v) is 4.79. The molecule has 0 aliphatic carbocycles. The first-order valence-electron chi connectivity index (χ1n) is 13.6. The molecule has 3 aromatic rings. The van der Waals surface area contributed by atoms with Crippen molar-refractivity contribution in [1.82, 2.24) is 10.2 Å². The number of carbonyl (C=O) groups is 3. The van der Waals surface area contributed by atoms with Crippen molar-refractivity contribution in [3.05, 3.63) is 83.7 Å². The average molecular weight is 576 g/mol. The number of benzene rings is 3. The van der Waals surface area contributed by atoms with Crippen LogP contribution in [0.4, 0.5) is 10.1 Å². The number of anilines is 1. The smallest absolute Gasteiger partial charge is 0.317 e. The van der Waals surface area contributed by atoms with Crippen LogP contribution in [-0.4, -0.2) is 59.4 Å². The molecule has 0 bridgehead atoms. The number of amidine groups is 1. The van der Waals surface area contributed by atoms with Gasteiger partial charge in [-0.25, -0.2) is 4.39 Å². The highest BCUT2D eigenvalue weighted by Crippen LogP contribution is 2.34. The topological polar surface area (TPSA) is 158 Å². The van der Waals surface area contributed by atoms with Crippen LogP contribution in [0, 0.1) is 11.2 Å². The monoisotopic (exact) mass is 575 g/mol. The first kappa shape index (κ1) is 30.2. The number of carbonyl (C=O) groups excluding carboxylic acids is 2. The number of ether oxygens (including phenoxy) is 1. The Balaban J connectivity index is 1.42. The summed E-state index contributed by atoms with van der Waals surface area (Å²) in [5, 5.41) is 22.0. The second kappa shape index (κ2) is 13.7. The lowest BCUT2D eigenvalue weighted by Crippen LogP contribution is -2.40. The van der Waals surface area contributed by atoms with Crippen molar-refractivity contribution in [3.63, 3.8) is 0 Å². The van der Waals surface area contributed by atoms with Crippen molar-refractivity contribution in [2.24, 2.45) is 5.73 Å². The summed E-state index contributed by atoms with van der Waals surface area (Å²) in [6.45, 7) is 3.03. The van der Waals surface area contributed by atoms with Gasteiger partial charge in [0, 0.05) is 29.9 Å². The number of halogens is 1. The molecule has 1 aliphatic heterocycles. The van der Waals surface area contributed by atoms with Gasteiger partial charge in [-0.15, -0.1) is 0 Å². The Morgan fingerprint density at radius 1 is 1.05 bits per heavy atom. The summed E-state index contributed by atoms with van der Waals surface area (Å²) >= 11 is 0. The summed E-state index contributed by atoms with van der Waals surface area (Å²) < 4.78 is 20.0. The summed E-state index contributed by atoms with van der Waals surface area (Å²) in [4.78, 5) is 38.0. The second-order valence-corrected chi connectivity index (χ2v) is 10.3. The highest BCUT2D eigenvalue weighted by Gasteiger charge is 2.23. The minimum Gasteiger partial charge on any atom is -0.490 e. The van der Waals surface area contributed by atoms with Gasteiger partial charge in [-0.3, -0.25) is 24.7 Å². The number of nitrogens with one attached hydrogen (secondary N) is 3. The molecule has 10 nitrogen and oxygen atoms in total. The molecule has 11 heteroatoms. The van der Waals surface area contributed by atoms with E-state index in [0.717, 1.165) is 16.7 Å². The number of nitrogens with zero attached hydrogens (tertiary/aromatic N) is 1. The van der Waals surface area contributed by atoms with Crippen LogP contribution in [0.3, 0.4) is 0 Å². The number of nitrogens with two attached hydrogens (primary N) is 1. The normalized spacial score (nSPS) is 14.5. The molecule has 1 fully saturated rings. The zero-order valence-electron chi connectivity index (χ0n) is 23.2. The quantitative estimate of drug-likeness (QED) is 0.132. The maximum atomic E-state index is 13.7. The van der Waals surface area contributed by atoms with Gasteiger partial charge in [0.05, 0.1) is 12.6 Å². The number of rotatable bonds is 11. The van der Waals surface area contributed by atoms with E-state index in [2.05, 4.69) is 10.6 Å². The van der Waals surface area contributed by atoms with Gasteiger partial charge in [0.2, 0.25) is 11.8 Å². The Bertz CT molecular complexity index is 1440. The lowest BCUT2D eigenvalue weighted by Gasteiger charge is -2.31. The molecule has 1 atom stereocenters. The number of hydrogen-bond acceptors (Lipinski definition) is 6. The van der Waals surface area contributed by atoms with Gasteiger partial charge in [0.25, 0.3) is 0 Å². The maximum absolute atomic E-state index is 13.7.